The number of methoxy groups -OCH3 is 1. The molecule has 0 aliphatic carbocycles. The van der Waals surface area contributed by atoms with E-state index in [1.807, 2.05) is 12.3 Å². The molecular weight excluding hydrogens is 319 g/mol. The smallest absolute Gasteiger partial charge is 0.175 e. The van der Waals surface area contributed by atoms with Gasteiger partial charge in [-0.15, -0.1) is 0 Å². The minimum atomic E-state index is 0.305. The first kappa shape index (κ1) is 10.6. The number of fused-ring (bicyclic) bond motifs is 3. The molecule has 3 heterocycles. The van der Waals surface area contributed by atoms with E-state index in [0.29, 0.717) is 12.1 Å². The van der Waals surface area contributed by atoms with Crippen LogP contribution in [0.25, 0.3) is 0 Å². The van der Waals surface area contributed by atoms with Gasteiger partial charge in [0.1, 0.15) is 6.61 Å². The fourth-order valence-electron chi connectivity index (χ4n) is 2.39. The van der Waals surface area contributed by atoms with Crippen molar-refractivity contribution in [2.45, 2.75) is 18.6 Å². The number of anilines is 1. The van der Waals surface area contributed by atoms with Crippen molar-refractivity contribution in [1.82, 2.24) is 4.98 Å². The number of nitrogens with zero attached hydrogens (tertiary/aromatic N) is 2. The normalized spacial score (nSPS) is 27.2. The fourth-order valence-corrected chi connectivity index (χ4v) is 2.95. The zero-order valence-electron chi connectivity index (χ0n) is 9.02. The molecule has 0 saturated carbocycles. The average molecular weight is 332 g/mol. The summed E-state index contributed by atoms with van der Waals surface area (Å²) < 4.78 is 12.3. The van der Waals surface area contributed by atoms with Gasteiger partial charge in [0, 0.05) is 19.9 Å². The summed E-state index contributed by atoms with van der Waals surface area (Å²) in [6, 6.07) is 2.40. The van der Waals surface area contributed by atoms with E-state index in [9.17, 15) is 0 Å². The van der Waals surface area contributed by atoms with Crippen LogP contribution in [0.3, 0.4) is 0 Å². The maximum absolute atomic E-state index is 5.79. The predicted octanol–water partition coefficient (Wildman–Crippen LogP) is 1.67. The van der Waals surface area contributed by atoms with Gasteiger partial charge in [-0.3, -0.25) is 0 Å². The molecular formula is C11H13IN2O2. The number of hydrogen-bond donors (Lipinski definition) is 0. The summed E-state index contributed by atoms with van der Waals surface area (Å²) in [4.78, 5) is 6.75. The first-order chi connectivity index (χ1) is 7.79. The van der Waals surface area contributed by atoms with Crippen molar-refractivity contribution in [3.8, 4) is 5.75 Å². The van der Waals surface area contributed by atoms with Crippen molar-refractivity contribution >= 4 is 28.4 Å². The van der Waals surface area contributed by atoms with Gasteiger partial charge in [0.2, 0.25) is 0 Å². The molecule has 3 rings (SSSR count). The highest BCUT2D eigenvalue weighted by Gasteiger charge is 2.38. The van der Waals surface area contributed by atoms with Crippen molar-refractivity contribution in [1.29, 1.82) is 0 Å². The zero-order valence-corrected chi connectivity index (χ0v) is 11.2. The van der Waals surface area contributed by atoms with Gasteiger partial charge >= 0.3 is 0 Å². The molecule has 0 bridgehead atoms. The first-order valence-corrected chi connectivity index (χ1v) is 6.44. The lowest BCUT2D eigenvalue weighted by atomic mass is 10.2. The third-order valence-electron chi connectivity index (χ3n) is 3.24. The molecule has 16 heavy (non-hydrogen) atoms. The molecule has 1 aromatic heterocycles. The Labute approximate surface area is 108 Å². The third kappa shape index (κ3) is 1.57. The predicted molar refractivity (Wildman–Crippen MR) is 69.0 cm³/mol. The third-order valence-corrected chi connectivity index (χ3v) is 4.09. The Bertz CT molecular complexity index is 413. The Morgan fingerprint density at radius 3 is 3.31 bits per heavy atom. The highest BCUT2D eigenvalue weighted by molar-refractivity contribution is 14.1. The second-order valence-corrected chi connectivity index (χ2v) is 5.32. The molecule has 0 spiro atoms. The van der Waals surface area contributed by atoms with Gasteiger partial charge in [0.25, 0.3) is 0 Å². The highest BCUT2D eigenvalue weighted by Crippen LogP contribution is 2.39. The van der Waals surface area contributed by atoms with Gasteiger partial charge in [-0.25, -0.2) is 4.98 Å². The molecule has 0 aromatic carbocycles. The van der Waals surface area contributed by atoms with Gasteiger partial charge < -0.3 is 14.4 Å². The van der Waals surface area contributed by atoms with Crippen LogP contribution in [0.15, 0.2) is 12.3 Å². The molecule has 4 nitrogen and oxygen atoms in total. The van der Waals surface area contributed by atoms with Gasteiger partial charge in [-0.05, 0) is 35.1 Å². The second-order valence-electron chi connectivity index (χ2n) is 4.16. The Morgan fingerprint density at radius 2 is 2.50 bits per heavy atom. The Hall–Kier alpha value is -0.560. The van der Waals surface area contributed by atoms with E-state index in [2.05, 4.69) is 32.5 Å². The Morgan fingerprint density at radius 1 is 1.62 bits per heavy atom. The molecule has 5 heteroatoms. The molecule has 2 aliphatic heterocycles. The number of halogens is 1. The van der Waals surface area contributed by atoms with Crippen LogP contribution in [0.5, 0.6) is 5.75 Å². The van der Waals surface area contributed by atoms with Crippen LogP contribution >= 0.6 is 22.6 Å². The van der Waals surface area contributed by atoms with E-state index in [4.69, 9.17) is 9.47 Å². The Kier molecular flexibility index (Phi) is 2.67. The standard InChI is InChI=1S/C11H13IN2O2/c1-15-8-4-7-6-16-10-9(12)2-3-13-11(10)14(7)5-8/h2-3,7-8H,4-6H2,1H3. The van der Waals surface area contributed by atoms with Crippen LogP contribution < -0.4 is 9.64 Å². The van der Waals surface area contributed by atoms with Crippen molar-refractivity contribution in [2.24, 2.45) is 0 Å². The van der Waals surface area contributed by atoms with Gasteiger partial charge in [-0.2, -0.15) is 0 Å². The number of ether oxygens (including phenoxy) is 2. The SMILES string of the molecule is COC1CC2COc3c(I)ccnc3N2C1. The molecule has 2 unspecified atom stereocenters. The van der Waals surface area contributed by atoms with Gasteiger partial charge in [0.05, 0.1) is 15.7 Å². The van der Waals surface area contributed by atoms with Crippen LogP contribution in [0, 0.1) is 3.57 Å². The topological polar surface area (TPSA) is 34.6 Å². The van der Waals surface area contributed by atoms with Gasteiger partial charge in [0.15, 0.2) is 11.6 Å². The molecule has 1 aromatic rings. The summed E-state index contributed by atoms with van der Waals surface area (Å²) in [5.41, 5.74) is 0. The summed E-state index contributed by atoms with van der Waals surface area (Å²) in [5.74, 6) is 1.90. The number of aromatic nitrogens is 1. The van der Waals surface area contributed by atoms with Crippen LogP contribution in [-0.2, 0) is 4.74 Å². The summed E-state index contributed by atoms with van der Waals surface area (Å²) >= 11 is 2.29. The number of pyridine rings is 1. The monoisotopic (exact) mass is 332 g/mol. The average Bonchev–Trinajstić information content (AvgIpc) is 2.72. The van der Waals surface area contributed by atoms with Crippen molar-refractivity contribution in [3.05, 3.63) is 15.8 Å². The Balaban J connectivity index is 1.97. The molecule has 1 saturated heterocycles. The van der Waals surface area contributed by atoms with E-state index in [1.165, 1.54) is 0 Å². The fraction of sp³-hybridized carbons (Fsp3) is 0.545. The molecule has 0 radical (unpaired) electrons. The maximum atomic E-state index is 5.79. The number of rotatable bonds is 1. The second kappa shape index (κ2) is 4.03. The lowest BCUT2D eigenvalue weighted by Crippen LogP contribution is -2.39. The first-order valence-electron chi connectivity index (χ1n) is 5.36. The lowest BCUT2D eigenvalue weighted by Gasteiger charge is -2.32. The van der Waals surface area contributed by atoms with Crippen molar-refractivity contribution in [3.63, 3.8) is 0 Å². The summed E-state index contributed by atoms with van der Waals surface area (Å²) in [5, 5.41) is 0. The largest absolute Gasteiger partial charge is 0.486 e. The summed E-state index contributed by atoms with van der Waals surface area (Å²) in [6.45, 7) is 1.67. The quantitative estimate of drug-likeness (QED) is 0.733. The highest BCUT2D eigenvalue weighted by atomic mass is 127. The van der Waals surface area contributed by atoms with Crippen molar-refractivity contribution in [2.75, 3.05) is 25.2 Å². The van der Waals surface area contributed by atoms with E-state index in [1.54, 1.807) is 7.11 Å². The molecule has 2 atom stereocenters. The molecule has 0 amide bonds. The summed E-state index contributed by atoms with van der Waals surface area (Å²) in [7, 11) is 1.77. The van der Waals surface area contributed by atoms with Crippen molar-refractivity contribution < 1.29 is 9.47 Å². The lowest BCUT2D eigenvalue weighted by molar-refractivity contribution is 0.116. The number of hydrogen-bond acceptors (Lipinski definition) is 4. The molecule has 86 valence electrons. The van der Waals surface area contributed by atoms with Gasteiger partial charge in [-0.1, -0.05) is 0 Å². The molecule has 1 fully saturated rings. The van der Waals surface area contributed by atoms with E-state index in [-0.39, 0.29) is 0 Å². The minimum absolute atomic E-state index is 0.305. The maximum Gasteiger partial charge on any atom is 0.175 e. The van der Waals surface area contributed by atoms with Crippen LogP contribution in [-0.4, -0.2) is 37.4 Å². The van der Waals surface area contributed by atoms with E-state index < -0.39 is 0 Å². The van der Waals surface area contributed by atoms with Crippen LogP contribution in [0.4, 0.5) is 5.82 Å². The summed E-state index contributed by atoms with van der Waals surface area (Å²) in [6.07, 6.45) is 3.18. The zero-order chi connectivity index (χ0) is 11.1. The van der Waals surface area contributed by atoms with Crippen LogP contribution in [0.2, 0.25) is 0 Å². The van der Waals surface area contributed by atoms with Crippen LogP contribution in [0.1, 0.15) is 6.42 Å². The minimum Gasteiger partial charge on any atom is -0.486 e. The van der Waals surface area contributed by atoms with E-state index in [0.717, 1.165) is 34.7 Å². The molecule has 0 N–H and O–H groups in total. The molecule has 2 aliphatic rings. The van der Waals surface area contributed by atoms with E-state index >= 15 is 0 Å².